The van der Waals surface area contributed by atoms with Crippen molar-refractivity contribution in [2.45, 2.75) is 45.7 Å². The van der Waals surface area contributed by atoms with Crippen molar-refractivity contribution in [3.05, 3.63) is 29.3 Å². The molecule has 1 aliphatic rings. The third-order valence-corrected chi connectivity index (χ3v) is 4.35. The highest BCUT2D eigenvalue weighted by atomic mass is 15.2. The summed E-state index contributed by atoms with van der Waals surface area (Å²) in [5, 5.41) is 3.50. The van der Waals surface area contributed by atoms with Crippen molar-refractivity contribution in [2.24, 2.45) is 0 Å². The number of likely N-dealkylation sites (N-methyl/N-ethyl adjacent to an activating group) is 1. The van der Waals surface area contributed by atoms with E-state index >= 15 is 0 Å². The van der Waals surface area contributed by atoms with E-state index in [9.17, 15) is 0 Å². The van der Waals surface area contributed by atoms with E-state index < -0.39 is 0 Å². The number of benzene rings is 1. The quantitative estimate of drug-likeness (QED) is 0.778. The molecule has 0 saturated carbocycles. The molecule has 1 aromatic rings. The van der Waals surface area contributed by atoms with Gasteiger partial charge in [-0.1, -0.05) is 13.0 Å². The molecule has 0 spiro atoms. The van der Waals surface area contributed by atoms with Gasteiger partial charge in [0.2, 0.25) is 0 Å². The standard InChI is InChI=1S/C18H31N3/c1-5-10-19-13-16-8-9-17(12-15(16)2)21-11-6-7-18(21)14-20(3)4/h8-9,12,18-19H,5-7,10-11,13-14H2,1-4H3. The molecular formula is C18H31N3. The largest absolute Gasteiger partial charge is 0.367 e. The molecule has 1 N–H and O–H groups in total. The Morgan fingerprint density at radius 1 is 1.33 bits per heavy atom. The van der Waals surface area contributed by atoms with Gasteiger partial charge in [0.05, 0.1) is 0 Å². The maximum absolute atomic E-state index is 3.50. The van der Waals surface area contributed by atoms with Gasteiger partial charge in [-0.15, -0.1) is 0 Å². The second-order valence-electron chi connectivity index (χ2n) is 6.54. The van der Waals surface area contributed by atoms with E-state index in [0.717, 1.165) is 19.6 Å². The maximum atomic E-state index is 3.50. The average Bonchev–Trinajstić information content (AvgIpc) is 2.88. The summed E-state index contributed by atoms with van der Waals surface area (Å²) < 4.78 is 0. The number of hydrogen-bond acceptors (Lipinski definition) is 3. The van der Waals surface area contributed by atoms with Crippen LogP contribution in [0.3, 0.4) is 0 Å². The second-order valence-corrected chi connectivity index (χ2v) is 6.54. The van der Waals surface area contributed by atoms with Gasteiger partial charge in [-0.25, -0.2) is 0 Å². The summed E-state index contributed by atoms with van der Waals surface area (Å²) in [6, 6.07) is 7.66. The van der Waals surface area contributed by atoms with Crippen LogP contribution in [0, 0.1) is 6.92 Å². The molecule has 0 aliphatic carbocycles. The van der Waals surface area contributed by atoms with Crippen LogP contribution in [0.4, 0.5) is 5.69 Å². The minimum atomic E-state index is 0.670. The Kier molecular flexibility index (Phi) is 6.07. The fourth-order valence-electron chi connectivity index (χ4n) is 3.24. The summed E-state index contributed by atoms with van der Waals surface area (Å²) in [7, 11) is 4.34. The summed E-state index contributed by atoms with van der Waals surface area (Å²) in [6.07, 6.45) is 3.82. The Morgan fingerprint density at radius 3 is 2.81 bits per heavy atom. The van der Waals surface area contributed by atoms with Gasteiger partial charge in [0.1, 0.15) is 0 Å². The van der Waals surface area contributed by atoms with Crippen LogP contribution in [-0.4, -0.2) is 44.7 Å². The first kappa shape index (κ1) is 16.3. The van der Waals surface area contributed by atoms with Crippen LogP contribution in [-0.2, 0) is 6.54 Å². The summed E-state index contributed by atoms with van der Waals surface area (Å²) in [5.41, 5.74) is 4.23. The first-order chi connectivity index (χ1) is 10.1. The third kappa shape index (κ3) is 4.45. The summed E-state index contributed by atoms with van der Waals surface area (Å²) in [4.78, 5) is 4.90. The number of hydrogen-bond donors (Lipinski definition) is 1. The molecule has 3 nitrogen and oxygen atoms in total. The Hall–Kier alpha value is -1.06. The van der Waals surface area contributed by atoms with Crippen molar-refractivity contribution in [3.63, 3.8) is 0 Å². The van der Waals surface area contributed by atoms with E-state index in [2.05, 4.69) is 61.3 Å². The molecule has 3 heteroatoms. The molecule has 0 radical (unpaired) electrons. The van der Waals surface area contributed by atoms with Crippen molar-refractivity contribution >= 4 is 5.69 Å². The molecule has 1 saturated heterocycles. The first-order valence-corrected chi connectivity index (χ1v) is 8.33. The molecule has 118 valence electrons. The second kappa shape index (κ2) is 7.81. The van der Waals surface area contributed by atoms with Crippen molar-refractivity contribution in [1.82, 2.24) is 10.2 Å². The van der Waals surface area contributed by atoms with Gasteiger partial charge in [0.15, 0.2) is 0 Å². The lowest BCUT2D eigenvalue weighted by atomic mass is 10.1. The van der Waals surface area contributed by atoms with Gasteiger partial charge in [-0.2, -0.15) is 0 Å². The predicted octanol–water partition coefficient (Wildman–Crippen LogP) is 3.03. The van der Waals surface area contributed by atoms with Gasteiger partial charge in [0.25, 0.3) is 0 Å². The number of rotatable bonds is 7. The number of nitrogens with one attached hydrogen (secondary N) is 1. The predicted molar refractivity (Wildman–Crippen MR) is 92.1 cm³/mol. The first-order valence-electron chi connectivity index (χ1n) is 8.33. The zero-order valence-corrected chi connectivity index (χ0v) is 14.2. The Bertz CT molecular complexity index is 442. The fraction of sp³-hybridized carbons (Fsp3) is 0.667. The molecule has 1 aliphatic heterocycles. The highest BCUT2D eigenvalue weighted by Crippen LogP contribution is 2.27. The van der Waals surface area contributed by atoms with Crippen molar-refractivity contribution < 1.29 is 0 Å². The lowest BCUT2D eigenvalue weighted by Crippen LogP contribution is -2.37. The number of nitrogens with zero attached hydrogens (tertiary/aromatic N) is 2. The lowest BCUT2D eigenvalue weighted by molar-refractivity contribution is 0.372. The number of anilines is 1. The highest BCUT2D eigenvalue weighted by molar-refractivity contribution is 5.52. The van der Waals surface area contributed by atoms with Crippen molar-refractivity contribution in [2.75, 3.05) is 38.6 Å². The Labute approximate surface area is 130 Å². The lowest BCUT2D eigenvalue weighted by Gasteiger charge is -2.29. The summed E-state index contributed by atoms with van der Waals surface area (Å²) in [5.74, 6) is 0. The monoisotopic (exact) mass is 289 g/mol. The highest BCUT2D eigenvalue weighted by Gasteiger charge is 2.25. The summed E-state index contributed by atoms with van der Waals surface area (Å²) in [6.45, 7) is 8.88. The van der Waals surface area contributed by atoms with Gasteiger partial charge in [-0.05, 0) is 70.1 Å². The molecule has 0 bridgehead atoms. The van der Waals surface area contributed by atoms with Crippen molar-refractivity contribution in [3.8, 4) is 0 Å². The van der Waals surface area contributed by atoms with E-state index in [1.54, 1.807) is 0 Å². The zero-order chi connectivity index (χ0) is 15.2. The maximum Gasteiger partial charge on any atom is 0.0417 e. The van der Waals surface area contributed by atoms with Gasteiger partial charge in [-0.3, -0.25) is 0 Å². The van der Waals surface area contributed by atoms with Crippen LogP contribution in [0.5, 0.6) is 0 Å². The Balaban J connectivity index is 2.04. The SMILES string of the molecule is CCCNCc1ccc(N2CCCC2CN(C)C)cc1C. The molecule has 0 aromatic heterocycles. The van der Waals surface area contributed by atoms with Gasteiger partial charge in [0, 0.05) is 31.4 Å². The van der Waals surface area contributed by atoms with E-state index in [1.165, 1.54) is 42.6 Å². The normalized spacial score (nSPS) is 18.7. The summed E-state index contributed by atoms with van der Waals surface area (Å²) >= 11 is 0. The third-order valence-electron chi connectivity index (χ3n) is 4.35. The molecule has 1 fully saturated rings. The molecule has 21 heavy (non-hydrogen) atoms. The topological polar surface area (TPSA) is 18.5 Å². The molecule has 1 heterocycles. The van der Waals surface area contributed by atoms with E-state index in [-0.39, 0.29) is 0 Å². The smallest absolute Gasteiger partial charge is 0.0417 e. The molecule has 0 amide bonds. The van der Waals surface area contributed by atoms with Crippen LogP contribution in [0.1, 0.15) is 37.3 Å². The molecule has 1 aromatic carbocycles. The van der Waals surface area contributed by atoms with Crippen LogP contribution in [0.2, 0.25) is 0 Å². The van der Waals surface area contributed by atoms with Crippen LogP contribution >= 0.6 is 0 Å². The van der Waals surface area contributed by atoms with E-state index in [0.29, 0.717) is 6.04 Å². The minimum absolute atomic E-state index is 0.670. The minimum Gasteiger partial charge on any atom is -0.367 e. The average molecular weight is 289 g/mol. The van der Waals surface area contributed by atoms with Crippen LogP contribution < -0.4 is 10.2 Å². The van der Waals surface area contributed by atoms with Gasteiger partial charge < -0.3 is 15.1 Å². The van der Waals surface area contributed by atoms with Gasteiger partial charge >= 0.3 is 0 Å². The van der Waals surface area contributed by atoms with E-state index in [1.807, 2.05) is 0 Å². The number of aryl methyl sites for hydroxylation is 1. The van der Waals surface area contributed by atoms with E-state index in [4.69, 9.17) is 0 Å². The van der Waals surface area contributed by atoms with Crippen molar-refractivity contribution in [1.29, 1.82) is 0 Å². The molecule has 1 atom stereocenters. The fourth-order valence-corrected chi connectivity index (χ4v) is 3.24. The molecular weight excluding hydrogens is 258 g/mol. The zero-order valence-electron chi connectivity index (χ0n) is 14.2. The molecule has 2 rings (SSSR count). The van der Waals surface area contributed by atoms with Crippen LogP contribution in [0.25, 0.3) is 0 Å². The van der Waals surface area contributed by atoms with Crippen LogP contribution in [0.15, 0.2) is 18.2 Å². The Morgan fingerprint density at radius 2 is 2.14 bits per heavy atom. The molecule has 1 unspecified atom stereocenters.